The Labute approximate surface area is 215 Å². The minimum Gasteiger partial charge on any atom is -0.460 e. The normalized spacial score (nSPS) is 26.9. The summed E-state index contributed by atoms with van der Waals surface area (Å²) in [4.78, 5) is 36.7. The van der Waals surface area contributed by atoms with E-state index in [1.807, 2.05) is 6.92 Å². The second-order valence-corrected chi connectivity index (χ2v) is 10.5. The molecule has 0 aliphatic heterocycles. The summed E-state index contributed by atoms with van der Waals surface area (Å²) in [5.41, 5.74) is 0. The van der Waals surface area contributed by atoms with E-state index in [0.29, 0.717) is 32.1 Å². The molecule has 7 atom stereocenters. The number of hydrogen-bond acceptors (Lipinski definition) is 9. The van der Waals surface area contributed by atoms with Gasteiger partial charge in [0.1, 0.15) is 18.3 Å². The maximum absolute atomic E-state index is 12.5. The summed E-state index contributed by atoms with van der Waals surface area (Å²) in [6.45, 7) is 5.18. The lowest BCUT2D eigenvalue weighted by atomic mass is 9.94. The van der Waals surface area contributed by atoms with Crippen molar-refractivity contribution in [3.8, 4) is 0 Å². The minimum atomic E-state index is -0.562. The van der Waals surface area contributed by atoms with Gasteiger partial charge in [-0.2, -0.15) is 0 Å². The monoisotopic (exact) mass is 514 g/mol. The van der Waals surface area contributed by atoms with Crippen LogP contribution in [0.25, 0.3) is 0 Å². The van der Waals surface area contributed by atoms with Crippen molar-refractivity contribution in [3.63, 3.8) is 0 Å². The number of ether oxygens (including phenoxy) is 4. The SMILES string of the molecule is CC(O)CCC(=O)OC1CCCCC1OC(=O)CCC(C)OC1CCCCC1OC(=O)CCC(C)O. The van der Waals surface area contributed by atoms with E-state index in [2.05, 4.69) is 0 Å². The van der Waals surface area contributed by atoms with Crippen molar-refractivity contribution >= 4 is 17.9 Å². The quantitative estimate of drug-likeness (QED) is 0.263. The van der Waals surface area contributed by atoms with E-state index >= 15 is 0 Å². The summed E-state index contributed by atoms with van der Waals surface area (Å²) < 4.78 is 23.0. The van der Waals surface area contributed by atoms with Crippen LogP contribution in [-0.4, -0.2) is 70.8 Å². The van der Waals surface area contributed by atoms with Gasteiger partial charge in [-0.3, -0.25) is 14.4 Å². The van der Waals surface area contributed by atoms with Gasteiger partial charge < -0.3 is 29.2 Å². The highest BCUT2D eigenvalue weighted by Gasteiger charge is 2.33. The molecule has 9 heteroatoms. The summed E-state index contributed by atoms with van der Waals surface area (Å²) in [5.74, 6) is -1.03. The molecule has 2 aliphatic rings. The van der Waals surface area contributed by atoms with E-state index in [0.717, 1.165) is 38.5 Å². The average molecular weight is 515 g/mol. The lowest BCUT2D eigenvalue weighted by Crippen LogP contribution is -2.39. The maximum atomic E-state index is 12.5. The Kier molecular flexibility index (Phi) is 13.7. The Morgan fingerprint density at radius 3 is 1.33 bits per heavy atom. The first-order valence-corrected chi connectivity index (χ1v) is 13.7. The van der Waals surface area contributed by atoms with Crippen LogP contribution in [0.4, 0.5) is 0 Å². The molecule has 2 saturated carbocycles. The van der Waals surface area contributed by atoms with E-state index < -0.39 is 24.4 Å². The van der Waals surface area contributed by atoms with Crippen molar-refractivity contribution in [1.82, 2.24) is 0 Å². The van der Waals surface area contributed by atoms with Gasteiger partial charge in [0.2, 0.25) is 0 Å². The predicted molar refractivity (Wildman–Crippen MR) is 132 cm³/mol. The van der Waals surface area contributed by atoms with Gasteiger partial charge >= 0.3 is 17.9 Å². The average Bonchev–Trinajstić information content (AvgIpc) is 2.82. The molecule has 208 valence electrons. The van der Waals surface area contributed by atoms with Gasteiger partial charge in [0, 0.05) is 19.3 Å². The molecule has 9 nitrogen and oxygen atoms in total. The van der Waals surface area contributed by atoms with Gasteiger partial charge in [-0.25, -0.2) is 0 Å². The highest BCUT2D eigenvalue weighted by Crippen LogP contribution is 2.27. The minimum absolute atomic E-state index is 0.141. The Hall–Kier alpha value is -1.71. The van der Waals surface area contributed by atoms with Gasteiger partial charge in [-0.15, -0.1) is 0 Å². The molecule has 7 unspecified atom stereocenters. The fraction of sp³-hybridized carbons (Fsp3) is 0.889. The van der Waals surface area contributed by atoms with Crippen molar-refractivity contribution < 1.29 is 43.5 Å². The number of esters is 3. The van der Waals surface area contributed by atoms with Gasteiger partial charge in [-0.05, 0) is 85.0 Å². The molecule has 36 heavy (non-hydrogen) atoms. The van der Waals surface area contributed by atoms with E-state index in [-0.39, 0.29) is 55.5 Å². The number of aliphatic hydroxyl groups excluding tert-OH is 2. The van der Waals surface area contributed by atoms with Gasteiger partial charge in [0.05, 0.1) is 24.4 Å². The smallest absolute Gasteiger partial charge is 0.306 e. The van der Waals surface area contributed by atoms with E-state index in [1.54, 1.807) is 13.8 Å². The molecule has 0 aromatic heterocycles. The molecule has 0 aromatic rings. The zero-order chi connectivity index (χ0) is 26.5. The van der Waals surface area contributed by atoms with E-state index in [9.17, 15) is 24.6 Å². The number of aliphatic hydroxyl groups is 2. The van der Waals surface area contributed by atoms with Crippen molar-refractivity contribution in [1.29, 1.82) is 0 Å². The van der Waals surface area contributed by atoms with Crippen LogP contribution in [-0.2, 0) is 33.3 Å². The van der Waals surface area contributed by atoms with Crippen LogP contribution in [0.1, 0.15) is 111 Å². The van der Waals surface area contributed by atoms with Gasteiger partial charge in [0.25, 0.3) is 0 Å². The van der Waals surface area contributed by atoms with Gasteiger partial charge in [-0.1, -0.05) is 6.42 Å². The lowest BCUT2D eigenvalue weighted by Gasteiger charge is -2.33. The summed E-state index contributed by atoms with van der Waals surface area (Å²) in [6.07, 6.45) is 5.68. The molecule has 0 radical (unpaired) electrons. The molecule has 0 aromatic carbocycles. The zero-order valence-corrected chi connectivity index (χ0v) is 22.2. The van der Waals surface area contributed by atoms with E-state index in [1.165, 1.54) is 0 Å². The fourth-order valence-electron chi connectivity index (χ4n) is 4.71. The third kappa shape index (κ3) is 12.0. The fourth-order valence-corrected chi connectivity index (χ4v) is 4.71. The van der Waals surface area contributed by atoms with Crippen LogP contribution in [0.2, 0.25) is 0 Å². The molecule has 0 heterocycles. The summed E-state index contributed by atoms with van der Waals surface area (Å²) in [5, 5.41) is 18.7. The molecule has 0 bridgehead atoms. The molecule has 2 rings (SSSR count). The zero-order valence-electron chi connectivity index (χ0n) is 22.2. The molecule has 2 aliphatic carbocycles. The van der Waals surface area contributed by atoms with Crippen LogP contribution >= 0.6 is 0 Å². The van der Waals surface area contributed by atoms with Crippen molar-refractivity contribution in [3.05, 3.63) is 0 Å². The maximum Gasteiger partial charge on any atom is 0.306 e. The molecule has 2 N–H and O–H groups in total. The number of rotatable bonds is 14. The summed E-state index contributed by atoms with van der Waals surface area (Å²) in [6, 6.07) is 0. The standard InChI is InChI=1S/C27H46O9/c1-18(28)12-15-25(30)34-22-9-5-4-8-21(22)33-20(3)14-17-27(32)36-24-11-7-6-10-23(24)35-26(31)16-13-19(2)29/h18-24,28-29H,4-17H2,1-3H3. The van der Waals surface area contributed by atoms with Crippen LogP contribution in [0.15, 0.2) is 0 Å². The molecular weight excluding hydrogens is 468 g/mol. The second kappa shape index (κ2) is 16.2. The third-order valence-electron chi connectivity index (χ3n) is 6.83. The first kappa shape index (κ1) is 30.5. The number of hydrogen-bond donors (Lipinski definition) is 2. The predicted octanol–water partition coefficient (Wildman–Crippen LogP) is 3.75. The van der Waals surface area contributed by atoms with Crippen LogP contribution in [0.5, 0.6) is 0 Å². The Morgan fingerprint density at radius 1 is 0.611 bits per heavy atom. The molecule has 0 amide bonds. The van der Waals surface area contributed by atoms with Crippen molar-refractivity contribution in [2.45, 2.75) is 153 Å². The second-order valence-electron chi connectivity index (χ2n) is 10.5. The molecule has 0 saturated heterocycles. The van der Waals surface area contributed by atoms with Crippen molar-refractivity contribution in [2.24, 2.45) is 0 Å². The van der Waals surface area contributed by atoms with Crippen molar-refractivity contribution in [2.75, 3.05) is 0 Å². The van der Waals surface area contributed by atoms with E-state index in [4.69, 9.17) is 18.9 Å². The number of carbonyl (C=O) groups excluding carboxylic acids is 3. The first-order valence-electron chi connectivity index (χ1n) is 13.7. The Morgan fingerprint density at radius 2 is 0.944 bits per heavy atom. The first-order chi connectivity index (χ1) is 17.1. The molecule has 2 fully saturated rings. The largest absolute Gasteiger partial charge is 0.460 e. The van der Waals surface area contributed by atoms with Crippen LogP contribution in [0.3, 0.4) is 0 Å². The summed E-state index contributed by atoms with van der Waals surface area (Å²) in [7, 11) is 0. The Bertz CT molecular complexity index is 678. The van der Waals surface area contributed by atoms with Crippen LogP contribution < -0.4 is 0 Å². The Balaban J connectivity index is 1.75. The lowest BCUT2D eigenvalue weighted by molar-refractivity contribution is -0.173. The third-order valence-corrected chi connectivity index (χ3v) is 6.83. The van der Waals surface area contributed by atoms with Crippen LogP contribution in [0, 0.1) is 0 Å². The molecular formula is C27H46O9. The summed E-state index contributed by atoms with van der Waals surface area (Å²) >= 11 is 0. The highest BCUT2D eigenvalue weighted by molar-refractivity contribution is 5.71. The topological polar surface area (TPSA) is 129 Å². The number of carbonyl (C=O) groups is 3. The highest BCUT2D eigenvalue weighted by atomic mass is 16.6. The molecule has 0 spiro atoms. The van der Waals surface area contributed by atoms with Gasteiger partial charge in [0.15, 0.2) is 0 Å².